The molecule has 0 atom stereocenters. The zero-order valence-electron chi connectivity index (χ0n) is 12.1. The van der Waals surface area contributed by atoms with Gasteiger partial charge in [0.1, 0.15) is 0 Å². The molecule has 0 amide bonds. The van der Waals surface area contributed by atoms with Gasteiger partial charge in [0, 0.05) is 24.6 Å². The fourth-order valence-corrected chi connectivity index (χ4v) is 2.07. The van der Waals surface area contributed by atoms with Gasteiger partial charge in [-0.1, -0.05) is 13.0 Å². The summed E-state index contributed by atoms with van der Waals surface area (Å²) in [6, 6.07) is 4.09. The molecule has 0 aliphatic rings. The van der Waals surface area contributed by atoms with E-state index in [0.717, 1.165) is 12.1 Å². The molecule has 0 saturated carbocycles. The molecule has 2 aromatic rings. The molecule has 106 valence electrons. The first-order valence-corrected chi connectivity index (χ1v) is 6.87. The molecule has 0 bridgehead atoms. The van der Waals surface area contributed by atoms with E-state index in [1.165, 1.54) is 5.56 Å². The summed E-state index contributed by atoms with van der Waals surface area (Å²) >= 11 is 0. The highest BCUT2D eigenvalue weighted by molar-refractivity contribution is 5.33. The van der Waals surface area contributed by atoms with Crippen LogP contribution in [-0.4, -0.2) is 14.5 Å². The van der Waals surface area contributed by atoms with Crippen molar-refractivity contribution in [2.24, 2.45) is 0 Å². The standard InChI is InChI=1S/C15H20N4O/c1-4-12-6-5-7-16-13(12)10-18-14-15(20)19(11(2)3)9-8-17-14/h5-9,11H,4,10H2,1-3H3,(H,17,18). The second kappa shape index (κ2) is 6.32. The second-order valence-electron chi connectivity index (χ2n) is 4.90. The van der Waals surface area contributed by atoms with Gasteiger partial charge in [0.2, 0.25) is 0 Å². The number of nitrogens with one attached hydrogen (secondary N) is 1. The first-order valence-electron chi connectivity index (χ1n) is 6.87. The van der Waals surface area contributed by atoms with Crippen molar-refractivity contribution in [3.8, 4) is 0 Å². The lowest BCUT2D eigenvalue weighted by molar-refractivity contribution is 0.575. The molecule has 0 radical (unpaired) electrons. The number of anilines is 1. The van der Waals surface area contributed by atoms with E-state index in [2.05, 4.69) is 28.3 Å². The Hall–Kier alpha value is -2.17. The number of hydrogen-bond acceptors (Lipinski definition) is 4. The smallest absolute Gasteiger partial charge is 0.293 e. The molecule has 0 fully saturated rings. The molecule has 1 N–H and O–H groups in total. The summed E-state index contributed by atoms with van der Waals surface area (Å²) in [6.07, 6.45) is 6.03. The Morgan fingerprint density at radius 1 is 1.30 bits per heavy atom. The van der Waals surface area contributed by atoms with Crippen molar-refractivity contribution in [2.45, 2.75) is 39.8 Å². The van der Waals surface area contributed by atoms with Crippen LogP contribution in [0.25, 0.3) is 0 Å². The van der Waals surface area contributed by atoms with Crippen molar-refractivity contribution in [1.82, 2.24) is 14.5 Å². The Bertz CT molecular complexity index is 634. The van der Waals surface area contributed by atoms with Crippen LogP contribution in [0.5, 0.6) is 0 Å². The van der Waals surface area contributed by atoms with Gasteiger partial charge in [-0.3, -0.25) is 9.78 Å². The molecular weight excluding hydrogens is 252 g/mol. The summed E-state index contributed by atoms with van der Waals surface area (Å²) in [5.74, 6) is 0.369. The maximum atomic E-state index is 12.2. The zero-order valence-corrected chi connectivity index (χ0v) is 12.1. The Morgan fingerprint density at radius 3 is 2.80 bits per heavy atom. The van der Waals surface area contributed by atoms with Gasteiger partial charge in [-0.2, -0.15) is 0 Å². The largest absolute Gasteiger partial charge is 0.360 e. The van der Waals surface area contributed by atoms with Gasteiger partial charge in [-0.15, -0.1) is 0 Å². The quantitative estimate of drug-likeness (QED) is 0.908. The van der Waals surface area contributed by atoms with Crippen molar-refractivity contribution >= 4 is 5.82 Å². The van der Waals surface area contributed by atoms with Crippen LogP contribution in [-0.2, 0) is 13.0 Å². The van der Waals surface area contributed by atoms with Crippen molar-refractivity contribution < 1.29 is 0 Å². The molecule has 5 nitrogen and oxygen atoms in total. The molecule has 2 aromatic heterocycles. The molecule has 20 heavy (non-hydrogen) atoms. The maximum absolute atomic E-state index is 12.2. The highest BCUT2D eigenvalue weighted by atomic mass is 16.1. The first-order chi connectivity index (χ1) is 9.63. The highest BCUT2D eigenvalue weighted by Gasteiger charge is 2.08. The van der Waals surface area contributed by atoms with E-state index in [9.17, 15) is 4.79 Å². The Kier molecular flexibility index (Phi) is 4.50. The van der Waals surface area contributed by atoms with E-state index in [-0.39, 0.29) is 11.6 Å². The third-order valence-corrected chi connectivity index (χ3v) is 3.21. The number of aromatic nitrogens is 3. The van der Waals surface area contributed by atoms with Crippen molar-refractivity contribution in [1.29, 1.82) is 0 Å². The lowest BCUT2D eigenvalue weighted by Gasteiger charge is -2.12. The maximum Gasteiger partial charge on any atom is 0.293 e. The van der Waals surface area contributed by atoms with Gasteiger partial charge in [0.15, 0.2) is 5.82 Å². The van der Waals surface area contributed by atoms with Crippen LogP contribution in [0.15, 0.2) is 35.5 Å². The molecule has 0 saturated heterocycles. The van der Waals surface area contributed by atoms with Gasteiger partial charge in [-0.05, 0) is 31.9 Å². The number of rotatable bonds is 5. The summed E-state index contributed by atoms with van der Waals surface area (Å²) in [5.41, 5.74) is 2.03. The summed E-state index contributed by atoms with van der Waals surface area (Å²) in [5, 5.41) is 3.09. The summed E-state index contributed by atoms with van der Waals surface area (Å²) < 4.78 is 1.66. The van der Waals surface area contributed by atoms with E-state index < -0.39 is 0 Å². The fraction of sp³-hybridized carbons (Fsp3) is 0.400. The minimum atomic E-state index is -0.100. The van der Waals surface area contributed by atoms with Crippen LogP contribution < -0.4 is 10.9 Å². The van der Waals surface area contributed by atoms with Crippen molar-refractivity contribution in [2.75, 3.05) is 5.32 Å². The van der Waals surface area contributed by atoms with E-state index >= 15 is 0 Å². The summed E-state index contributed by atoms with van der Waals surface area (Å²) in [6.45, 7) is 6.54. The fourth-order valence-electron chi connectivity index (χ4n) is 2.07. The molecular formula is C15H20N4O. The zero-order chi connectivity index (χ0) is 14.5. The van der Waals surface area contributed by atoms with Gasteiger partial charge < -0.3 is 9.88 Å². The van der Waals surface area contributed by atoms with E-state index in [1.807, 2.05) is 19.9 Å². The minimum absolute atomic E-state index is 0.100. The third-order valence-electron chi connectivity index (χ3n) is 3.21. The normalized spacial score (nSPS) is 10.8. The average molecular weight is 272 g/mol. The summed E-state index contributed by atoms with van der Waals surface area (Å²) in [4.78, 5) is 20.7. The van der Waals surface area contributed by atoms with Crippen molar-refractivity contribution in [3.63, 3.8) is 0 Å². The summed E-state index contributed by atoms with van der Waals surface area (Å²) in [7, 11) is 0. The second-order valence-corrected chi connectivity index (χ2v) is 4.90. The minimum Gasteiger partial charge on any atom is -0.360 e. The van der Waals surface area contributed by atoms with Crippen LogP contribution in [0.2, 0.25) is 0 Å². The molecule has 5 heteroatoms. The molecule has 0 aliphatic heterocycles. The van der Waals surface area contributed by atoms with Crippen LogP contribution in [0.3, 0.4) is 0 Å². The molecule has 2 heterocycles. The Labute approximate surface area is 118 Å². The predicted molar refractivity (Wildman–Crippen MR) is 79.8 cm³/mol. The Balaban J connectivity index is 2.19. The van der Waals surface area contributed by atoms with Crippen LogP contribution in [0.4, 0.5) is 5.82 Å². The lowest BCUT2D eigenvalue weighted by Crippen LogP contribution is -2.25. The predicted octanol–water partition coefficient (Wildman–Crippen LogP) is 2.39. The topological polar surface area (TPSA) is 59.8 Å². The SMILES string of the molecule is CCc1cccnc1CNc1nccn(C(C)C)c1=O. The Morgan fingerprint density at radius 2 is 2.10 bits per heavy atom. The first kappa shape index (κ1) is 14.2. The van der Waals surface area contributed by atoms with Gasteiger partial charge in [-0.25, -0.2) is 4.98 Å². The number of nitrogens with zero attached hydrogens (tertiary/aromatic N) is 3. The molecule has 0 aromatic carbocycles. The van der Waals surface area contributed by atoms with E-state index in [1.54, 1.807) is 23.2 Å². The number of aryl methyl sites for hydroxylation is 1. The van der Waals surface area contributed by atoms with Gasteiger partial charge >= 0.3 is 0 Å². The molecule has 2 rings (SSSR count). The van der Waals surface area contributed by atoms with Crippen LogP contribution >= 0.6 is 0 Å². The van der Waals surface area contributed by atoms with E-state index in [4.69, 9.17) is 0 Å². The molecule has 0 unspecified atom stereocenters. The molecule has 0 aliphatic carbocycles. The van der Waals surface area contributed by atoms with Gasteiger partial charge in [0.05, 0.1) is 12.2 Å². The van der Waals surface area contributed by atoms with E-state index in [0.29, 0.717) is 12.4 Å². The third kappa shape index (κ3) is 3.04. The average Bonchev–Trinajstić information content (AvgIpc) is 2.46. The number of hydrogen-bond donors (Lipinski definition) is 1. The highest BCUT2D eigenvalue weighted by Crippen LogP contribution is 2.08. The van der Waals surface area contributed by atoms with Crippen molar-refractivity contribution in [3.05, 3.63) is 52.3 Å². The van der Waals surface area contributed by atoms with Crippen LogP contribution in [0.1, 0.15) is 38.1 Å². The monoisotopic (exact) mass is 272 g/mol. The number of pyridine rings is 1. The van der Waals surface area contributed by atoms with Crippen LogP contribution in [0, 0.1) is 0 Å². The van der Waals surface area contributed by atoms with Gasteiger partial charge in [0.25, 0.3) is 5.56 Å². The lowest BCUT2D eigenvalue weighted by atomic mass is 10.1. The molecule has 0 spiro atoms.